The summed E-state index contributed by atoms with van der Waals surface area (Å²) in [6.45, 7) is 4.66. The van der Waals surface area contributed by atoms with E-state index in [1.165, 1.54) is 7.11 Å². The first-order valence-electron chi connectivity index (χ1n) is 7.42. The predicted molar refractivity (Wildman–Crippen MR) is 87.7 cm³/mol. The standard InChI is InChI=1S/C13H20N4.C3H6O2/c1-9(2)8-11(14-3)13-16-10-6-5-7-15-12(10)17(13)4;1-5-3-2-4/h5-7,9,11,14H,8H2,1-4H3;2H,3H2,1H3. The lowest BCUT2D eigenvalue weighted by atomic mass is 10.0. The predicted octanol–water partition coefficient (Wildman–Crippen LogP) is 2.11. The highest BCUT2D eigenvalue weighted by Gasteiger charge is 2.18. The molecule has 0 radical (unpaired) electrons. The fourth-order valence-electron chi connectivity index (χ4n) is 2.24. The number of fused-ring (bicyclic) bond motifs is 1. The molecule has 1 N–H and O–H groups in total. The molecule has 1 atom stereocenters. The van der Waals surface area contributed by atoms with Crippen molar-refractivity contribution in [2.45, 2.75) is 26.3 Å². The first-order valence-corrected chi connectivity index (χ1v) is 7.42. The van der Waals surface area contributed by atoms with Gasteiger partial charge in [0.15, 0.2) is 5.65 Å². The fourth-order valence-corrected chi connectivity index (χ4v) is 2.24. The zero-order chi connectivity index (χ0) is 16.5. The number of hydrogen-bond donors (Lipinski definition) is 1. The van der Waals surface area contributed by atoms with E-state index in [4.69, 9.17) is 0 Å². The number of pyridine rings is 1. The van der Waals surface area contributed by atoms with Crippen LogP contribution in [0.2, 0.25) is 0 Å². The van der Waals surface area contributed by atoms with Crippen LogP contribution in [0.5, 0.6) is 0 Å². The summed E-state index contributed by atoms with van der Waals surface area (Å²) in [5, 5.41) is 3.34. The molecule has 122 valence electrons. The van der Waals surface area contributed by atoms with Gasteiger partial charge in [-0.1, -0.05) is 13.8 Å². The highest BCUT2D eigenvalue weighted by molar-refractivity contribution is 5.71. The SMILES string of the molecule is CNC(CC(C)C)c1nc2cccnc2n1C.COCC=O. The summed E-state index contributed by atoms with van der Waals surface area (Å²) in [6, 6.07) is 4.22. The van der Waals surface area contributed by atoms with Gasteiger partial charge >= 0.3 is 0 Å². The van der Waals surface area contributed by atoms with Crippen LogP contribution in [0, 0.1) is 5.92 Å². The van der Waals surface area contributed by atoms with Crippen LogP contribution in [0.4, 0.5) is 0 Å². The monoisotopic (exact) mass is 306 g/mol. The Morgan fingerprint density at radius 1 is 1.45 bits per heavy atom. The third-order valence-electron chi connectivity index (χ3n) is 3.26. The van der Waals surface area contributed by atoms with Gasteiger partial charge in [0, 0.05) is 20.4 Å². The van der Waals surface area contributed by atoms with Crippen LogP contribution in [0.15, 0.2) is 18.3 Å². The molecule has 1 unspecified atom stereocenters. The Labute approximate surface area is 131 Å². The molecule has 0 aromatic carbocycles. The summed E-state index contributed by atoms with van der Waals surface area (Å²) in [6.07, 6.45) is 3.60. The van der Waals surface area contributed by atoms with Crippen LogP contribution >= 0.6 is 0 Å². The summed E-state index contributed by atoms with van der Waals surface area (Å²) in [5.74, 6) is 1.70. The quantitative estimate of drug-likeness (QED) is 0.828. The van der Waals surface area contributed by atoms with Gasteiger partial charge in [-0.2, -0.15) is 0 Å². The van der Waals surface area contributed by atoms with Gasteiger partial charge in [0.1, 0.15) is 24.2 Å². The minimum atomic E-state index is 0.208. The Kier molecular flexibility index (Phi) is 7.70. The van der Waals surface area contributed by atoms with Gasteiger partial charge < -0.3 is 19.4 Å². The van der Waals surface area contributed by atoms with E-state index in [2.05, 4.69) is 38.4 Å². The van der Waals surface area contributed by atoms with Gasteiger partial charge in [-0.3, -0.25) is 0 Å². The van der Waals surface area contributed by atoms with E-state index in [1.807, 2.05) is 32.4 Å². The van der Waals surface area contributed by atoms with Crippen LogP contribution in [-0.4, -0.2) is 41.6 Å². The smallest absolute Gasteiger partial charge is 0.159 e. The van der Waals surface area contributed by atoms with E-state index in [-0.39, 0.29) is 12.6 Å². The molecule has 0 aliphatic heterocycles. The molecule has 2 heterocycles. The van der Waals surface area contributed by atoms with Crippen LogP contribution in [0.25, 0.3) is 11.2 Å². The van der Waals surface area contributed by atoms with Crippen LogP contribution in [0.3, 0.4) is 0 Å². The van der Waals surface area contributed by atoms with Gasteiger partial charge in [0.25, 0.3) is 0 Å². The maximum Gasteiger partial charge on any atom is 0.159 e. The van der Waals surface area contributed by atoms with Gasteiger partial charge in [0.2, 0.25) is 0 Å². The largest absolute Gasteiger partial charge is 0.377 e. The Balaban J connectivity index is 0.000000422. The Morgan fingerprint density at radius 3 is 2.64 bits per heavy atom. The average molecular weight is 306 g/mol. The van der Waals surface area contributed by atoms with Crippen molar-refractivity contribution in [3.05, 3.63) is 24.2 Å². The fraction of sp³-hybridized carbons (Fsp3) is 0.562. The van der Waals surface area contributed by atoms with Crippen molar-refractivity contribution in [2.24, 2.45) is 13.0 Å². The molecule has 6 heteroatoms. The van der Waals surface area contributed by atoms with Crippen molar-refractivity contribution in [3.63, 3.8) is 0 Å². The van der Waals surface area contributed by atoms with E-state index >= 15 is 0 Å². The van der Waals surface area contributed by atoms with Crippen molar-refractivity contribution in [3.8, 4) is 0 Å². The summed E-state index contributed by atoms with van der Waals surface area (Å²) in [5.41, 5.74) is 1.92. The molecule has 0 saturated heterocycles. The molecule has 2 aromatic rings. The molecule has 2 rings (SSSR count). The summed E-state index contributed by atoms with van der Waals surface area (Å²) >= 11 is 0. The molecule has 0 saturated carbocycles. The maximum absolute atomic E-state index is 9.28. The van der Waals surface area contributed by atoms with Gasteiger partial charge in [-0.15, -0.1) is 0 Å². The molecule has 2 aromatic heterocycles. The zero-order valence-electron chi connectivity index (χ0n) is 14.0. The highest BCUT2D eigenvalue weighted by Crippen LogP contribution is 2.22. The zero-order valence-corrected chi connectivity index (χ0v) is 14.0. The third kappa shape index (κ3) is 4.89. The van der Waals surface area contributed by atoms with E-state index in [9.17, 15) is 4.79 Å². The summed E-state index contributed by atoms with van der Waals surface area (Å²) in [4.78, 5) is 18.3. The number of imidazole rings is 1. The number of nitrogens with zero attached hydrogens (tertiary/aromatic N) is 3. The second-order valence-corrected chi connectivity index (χ2v) is 5.47. The lowest BCUT2D eigenvalue weighted by Gasteiger charge is -2.17. The number of aldehydes is 1. The molecule has 0 bridgehead atoms. The van der Waals surface area contributed by atoms with E-state index in [0.717, 1.165) is 23.4 Å². The molecule has 6 nitrogen and oxygen atoms in total. The summed E-state index contributed by atoms with van der Waals surface area (Å²) in [7, 11) is 5.50. The van der Waals surface area contributed by atoms with Gasteiger partial charge in [-0.25, -0.2) is 9.97 Å². The second kappa shape index (κ2) is 9.27. The minimum absolute atomic E-state index is 0.208. The number of aryl methyl sites for hydroxylation is 1. The minimum Gasteiger partial charge on any atom is -0.377 e. The number of ether oxygens (including phenoxy) is 1. The molecular weight excluding hydrogens is 280 g/mol. The molecular formula is C16H26N4O2. The number of rotatable bonds is 6. The normalized spacial score (nSPS) is 12.1. The van der Waals surface area contributed by atoms with Crippen LogP contribution < -0.4 is 5.32 Å². The molecule has 0 spiro atoms. The van der Waals surface area contributed by atoms with Crippen molar-refractivity contribution < 1.29 is 9.53 Å². The molecule has 0 aliphatic rings. The van der Waals surface area contributed by atoms with Crippen LogP contribution in [0.1, 0.15) is 32.1 Å². The highest BCUT2D eigenvalue weighted by atomic mass is 16.5. The number of aromatic nitrogens is 3. The number of methoxy groups -OCH3 is 1. The Bertz CT molecular complexity index is 581. The number of hydrogen-bond acceptors (Lipinski definition) is 5. The van der Waals surface area contributed by atoms with E-state index < -0.39 is 0 Å². The molecule has 0 amide bonds. The van der Waals surface area contributed by atoms with Crippen molar-refractivity contribution in [1.82, 2.24) is 19.9 Å². The van der Waals surface area contributed by atoms with E-state index in [1.54, 1.807) is 0 Å². The lowest BCUT2D eigenvalue weighted by molar-refractivity contribution is -0.110. The van der Waals surface area contributed by atoms with Crippen molar-refractivity contribution in [2.75, 3.05) is 20.8 Å². The summed E-state index contributed by atoms with van der Waals surface area (Å²) < 4.78 is 6.41. The first kappa shape index (κ1) is 18.3. The second-order valence-electron chi connectivity index (χ2n) is 5.47. The third-order valence-corrected chi connectivity index (χ3v) is 3.26. The van der Waals surface area contributed by atoms with Gasteiger partial charge in [0.05, 0.1) is 6.04 Å². The Morgan fingerprint density at radius 2 is 2.18 bits per heavy atom. The average Bonchev–Trinajstić information content (AvgIpc) is 2.84. The first-order chi connectivity index (χ1) is 10.5. The molecule has 22 heavy (non-hydrogen) atoms. The van der Waals surface area contributed by atoms with E-state index in [0.29, 0.717) is 12.2 Å². The van der Waals surface area contributed by atoms with Gasteiger partial charge in [-0.05, 0) is 31.5 Å². The maximum atomic E-state index is 9.28. The van der Waals surface area contributed by atoms with Crippen molar-refractivity contribution >= 4 is 17.5 Å². The molecule has 0 fully saturated rings. The Hall–Kier alpha value is -1.79. The number of nitrogens with one attached hydrogen (secondary N) is 1. The van der Waals surface area contributed by atoms with Crippen molar-refractivity contribution in [1.29, 1.82) is 0 Å². The topological polar surface area (TPSA) is 69.0 Å². The van der Waals surface area contributed by atoms with Crippen LogP contribution in [-0.2, 0) is 16.6 Å². The molecule has 0 aliphatic carbocycles. The lowest BCUT2D eigenvalue weighted by Crippen LogP contribution is -2.21. The number of carbonyl (C=O) groups excluding carboxylic acids is 1. The number of carbonyl (C=O) groups is 1.